The van der Waals surface area contributed by atoms with E-state index in [0.29, 0.717) is 11.3 Å². The molecule has 0 radical (unpaired) electrons. The number of nitrogens with one attached hydrogen (secondary N) is 2. The Hall–Kier alpha value is -3.12. The van der Waals surface area contributed by atoms with Crippen molar-refractivity contribution in [3.05, 3.63) is 47.9 Å². The van der Waals surface area contributed by atoms with Crippen molar-refractivity contribution in [2.24, 2.45) is 4.99 Å². The quantitative estimate of drug-likeness (QED) is 0.450. The van der Waals surface area contributed by atoms with Crippen molar-refractivity contribution in [1.82, 2.24) is 9.97 Å². The molecular weight excluding hydrogens is 439 g/mol. The number of benzene rings is 1. The van der Waals surface area contributed by atoms with E-state index in [9.17, 15) is 22.0 Å². The molecule has 3 aromatic rings. The van der Waals surface area contributed by atoms with Gasteiger partial charge in [0.05, 0.1) is 12.1 Å². The molecule has 1 aliphatic rings. The number of halogens is 5. The number of methoxy groups -OCH3 is 1. The predicted octanol–water partition coefficient (Wildman–Crippen LogP) is 3.90. The van der Waals surface area contributed by atoms with Crippen molar-refractivity contribution < 1.29 is 41.1 Å². The fourth-order valence-corrected chi connectivity index (χ4v) is 3.33. The maximum absolute atomic E-state index is 13.5. The second kappa shape index (κ2) is 8.43. The summed E-state index contributed by atoms with van der Waals surface area (Å²) in [6, 6.07) is 7.85. The highest BCUT2D eigenvalue weighted by atomic mass is 19.4. The van der Waals surface area contributed by atoms with Gasteiger partial charge in [0, 0.05) is 12.7 Å². The lowest BCUT2D eigenvalue weighted by Crippen LogP contribution is -2.38. The highest BCUT2D eigenvalue weighted by molar-refractivity contribution is 5.87. The summed E-state index contributed by atoms with van der Waals surface area (Å²) in [5.74, 6) is 0.0455. The Morgan fingerprint density at radius 3 is 2.81 bits per heavy atom. The summed E-state index contributed by atoms with van der Waals surface area (Å²) >= 11 is 0. The fourth-order valence-electron chi connectivity index (χ4n) is 3.33. The summed E-state index contributed by atoms with van der Waals surface area (Å²) in [7, 11) is 0.867. The molecular formula is C20H18F5N4O3+. The number of hydrogen-bond donors (Lipinski definition) is 1. The molecule has 0 bridgehead atoms. The van der Waals surface area contributed by atoms with E-state index in [-0.39, 0.29) is 23.5 Å². The molecule has 0 aliphatic carbocycles. The topological polar surface area (TPSA) is 82.9 Å². The first-order valence-corrected chi connectivity index (χ1v) is 9.45. The number of nitrogens with zero attached hydrogens (tertiary/aromatic N) is 2. The number of aromatic amines is 2. The van der Waals surface area contributed by atoms with Gasteiger partial charge in [0.2, 0.25) is 12.0 Å². The zero-order valence-corrected chi connectivity index (χ0v) is 16.6. The standard InChI is InChI=1S/C20H17F5N4O3/c1-30-19(21,22)9-32-15-8-31-14-5-3-2-4-11(14)13(15)7-26-17-12-6-16(20(23,24)25)29-18(12)28-10-27-17/h2-7,10,13,15H,8-9H2,1H3,(H,27,28,29)/p+1/b26-7+. The molecule has 32 heavy (non-hydrogen) atoms. The molecule has 170 valence electrons. The first kappa shape index (κ1) is 22.1. The summed E-state index contributed by atoms with van der Waals surface area (Å²) in [5.41, 5.74) is -0.317. The van der Waals surface area contributed by atoms with Gasteiger partial charge in [-0.25, -0.2) is 4.98 Å². The van der Waals surface area contributed by atoms with E-state index in [1.54, 1.807) is 24.3 Å². The van der Waals surface area contributed by atoms with Gasteiger partial charge in [-0.3, -0.25) is 0 Å². The Labute approximate surface area is 178 Å². The van der Waals surface area contributed by atoms with Gasteiger partial charge < -0.3 is 19.2 Å². The molecule has 3 heterocycles. The van der Waals surface area contributed by atoms with Crippen molar-refractivity contribution in [2.75, 3.05) is 20.3 Å². The predicted molar refractivity (Wildman–Crippen MR) is 102 cm³/mol. The summed E-state index contributed by atoms with van der Waals surface area (Å²) in [6.07, 6.45) is -6.25. The molecule has 2 unspecified atom stereocenters. The summed E-state index contributed by atoms with van der Waals surface area (Å²) in [6.45, 7) is -1.02. The summed E-state index contributed by atoms with van der Waals surface area (Å²) in [4.78, 5) is 13.1. The Bertz CT molecular complexity index is 1130. The number of ether oxygens (including phenoxy) is 3. The minimum atomic E-state index is -4.58. The van der Waals surface area contributed by atoms with Gasteiger partial charge >= 0.3 is 12.3 Å². The number of alkyl halides is 5. The third-order valence-electron chi connectivity index (χ3n) is 4.96. The number of rotatable bonds is 6. The zero-order valence-electron chi connectivity index (χ0n) is 16.6. The van der Waals surface area contributed by atoms with Gasteiger partial charge in [0.25, 0.3) is 5.82 Å². The van der Waals surface area contributed by atoms with E-state index in [0.717, 1.165) is 13.2 Å². The highest BCUT2D eigenvalue weighted by Gasteiger charge is 2.37. The van der Waals surface area contributed by atoms with Gasteiger partial charge in [-0.05, 0) is 12.1 Å². The lowest BCUT2D eigenvalue weighted by molar-refractivity contribution is -0.365. The number of hydrogen-bond acceptors (Lipinski definition) is 5. The van der Waals surface area contributed by atoms with Crippen LogP contribution in [0.5, 0.6) is 5.75 Å². The first-order valence-electron chi connectivity index (χ1n) is 9.45. The van der Waals surface area contributed by atoms with Crippen molar-refractivity contribution >= 4 is 23.1 Å². The molecule has 2 aromatic heterocycles. The molecule has 1 aliphatic heterocycles. The molecule has 0 saturated carbocycles. The number of aromatic nitrogens is 3. The minimum absolute atomic E-state index is 0.00291. The van der Waals surface area contributed by atoms with Crippen LogP contribution in [0.15, 0.2) is 41.7 Å². The normalized spacial score (nSPS) is 19.3. The van der Waals surface area contributed by atoms with Crippen molar-refractivity contribution in [3.8, 4) is 5.75 Å². The van der Waals surface area contributed by atoms with Crippen LogP contribution in [0.3, 0.4) is 0 Å². The fraction of sp³-hybridized carbons (Fsp3) is 0.350. The van der Waals surface area contributed by atoms with E-state index in [2.05, 4.69) is 24.7 Å². The van der Waals surface area contributed by atoms with Crippen LogP contribution in [0.1, 0.15) is 17.2 Å². The maximum Gasteiger partial charge on any atom is 0.431 e. The van der Waals surface area contributed by atoms with Crippen LogP contribution in [0, 0.1) is 0 Å². The molecule has 2 atom stereocenters. The van der Waals surface area contributed by atoms with Crippen LogP contribution in [0.4, 0.5) is 27.8 Å². The molecule has 7 nitrogen and oxygen atoms in total. The highest BCUT2D eigenvalue weighted by Crippen LogP contribution is 2.36. The van der Waals surface area contributed by atoms with Gasteiger partial charge in [-0.1, -0.05) is 23.2 Å². The number of para-hydroxylation sites is 1. The third kappa shape index (κ3) is 4.55. The average Bonchev–Trinajstić information content (AvgIpc) is 3.22. The van der Waals surface area contributed by atoms with Crippen molar-refractivity contribution in [2.45, 2.75) is 24.3 Å². The van der Waals surface area contributed by atoms with E-state index in [1.165, 1.54) is 12.5 Å². The van der Waals surface area contributed by atoms with Crippen LogP contribution in [-0.2, 0) is 15.7 Å². The number of aliphatic imine (C=N–C) groups is 1. The summed E-state index contributed by atoms with van der Waals surface area (Å²) < 4.78 is 81.3. The molecule has 0 spiro atoms. The van der Waals surface area contributed by atoms with Crippen molar-refractivity contribution in [3.63, 3.8) is 0 Å². The lowest BCUT2D eigenvalue weighted by atomic mass is 9.91. The zero-order chi connectivity index (χ0) is 22.9. The smallest absolute Gasteiger partial charge is 0.431 e. The Morgan fingerprint density at radius 2 is 2.06 bits per heavy atom. The molecule has 4 rings (SSSR count). The molecule has 2 N–H and O–H groups in total. The molecule has 12 heteroatoms. The van der Waals surface area contributed by atoms with Gasteiger partial charge in [-0.2, -0.15) is 22.0 Å². The Morgan fingerprint density at radius 1 is 1.28 bits per heavy atom. The van der Waals surface area contributed by atoms with Crippen LogP contribution in [0.2, 0.25) is 0 Å². The van der Waals surface area contributed by atoms with E-state index in [4.69, 9.17) is 9.47 Å². The third-order valence-corrected chi connectivity index (χ3v) is 4.96. The van der Waals surface area contributed by atoms with Crippen LogP contribution >= 0.6 is 0 Å². The van der Waals surface area contributed by atoms with Gasteiger partial charge in [0.15, 0.2) is 0 Å². The molecule has 0 fully saturated rings. The van der Waals surface area contributed by atoms with E-state index in [1.807, 2.05) is 0 Å². The van der Waals surface area contributed by atoms with Gasteiger partial charge in [0.1, 0.15) is 36.1 Å². The van der Waals surface area contributed by atoms with Crippen LogP contribution in [-0.4, -0.2) is 48.7 Å². The monoisotopic (exact) mass is 457 g/mol. The SMILES string of the molecule is COC(F)(F)COC1COc2ccccc2C1/C=N/c1[nH+]cnc2[nH]c(C(F)(F)F)cc12. The number of fused-ring (bicyclic) bond motifs is 2. The van der Waals surface area contributed by atoms with Crippen LogP contribution < -0.4 is 9.72 Å². The Kier molecular flexibility index (Phi) is 5.82. The minimum Gasteiger partial charge on any atom is -0.491 e. The lowest BCUT2D eigenvalue weighted by Gasteiger charge is -2.31. The average molecular weight is 457 g/mol. The van der Waals surface area contributed by atoms with Crippen LogP contribution in [0.25, 0.3) is 11.0 Å². The molecule has 0 amide bonds. The van der Waals surface area contributed by atoms with Crippen molar-refractivity contribution in [1.29, 1.82) is 0 Å². The second-order valence-corrected chi connectivity index (χ2v) is 7.04. The Balaban J connectivity index is 1.67. The largest absolute Gasteiger partial charge is 0.491 e. The summed E-state index contributed by atoms with van der Waals surface area (Å²) in [5, 5.41) is 0.125. The molecule has 1 aromatic carbocycles. The molecule has 0 saturated heterocycles. The maximum atomic E-state index is 13.5. The number of H-pyrrole nitrogens is 2. The van der Waals surface area contributed by atoms with E-state index >= 15 is 0 Å². The first-order chi connectivity index (χ1) is 15.2. The second-order valence-electron chi connectivity index (χ2n) is 7.04. The van der Waals surface area contributed by atoms with Gasteiger partial charge in [-0.15, -0.1) is 4.99 Å². The van der Waals surface area contributed by atoms with E-state index < -0.39 is 36.6 Å².